The average Bonchev–Trinajstić information content (AvgIpc) is 3.36. The van der Waals surface area contributed by atoms with Crippen LogP contribution in [0.2, 0.25) is 5.28 Å². The number of nitrogens with zero attached hydrogens (tertiary/aromatic N) is 6. The van der Waals surface area contributed by atoms with Crippen LogP contribution in [0.4, 0.5) is 21.4 Å². The summed E-state index contributed by atoms with van der Waals surface area (Å²) >= 11 is 5.80. The normalized spacial score (nSPS) is 14.2. The number of hydrogen-bond acceptors (Lipinski definition) is 6. The zero-order chi connectivity index (χ0) is 23.3. The van der Waals surface area contributed by atoms with Crippen molar-refractivity contribution in [3.8, 4) is 17.4 Å². The molecule has 0 N–H and O–H groups in total. The molecule has 7 nitrogen and oxygen atoms in total. The highest BCUT2D eigenvalue weighted by molar-refractivity contribution is 7.92. The van der Waals surface area contributed by atoms with Gasteiger partial charge in [-0.25, -0.2) is 18.3 Å². The van der Waals surface area contributed by atoms with Gasteiger partial charge in [-0.05, 0) is 36.6 Å². The molecule has 0 spiro atoms. The Morgan fingerprint density at radius 1 is 1.21 bits per heavy atom. The van der Waals surface area contributed by atoms with E-state index >= 15 is 0 Å². The zero-order valence-electron chi connectivity index (χ0n) is 16.4. The quantitative estimate of drug-likeness (QED) is 0.245. The second-order valence-electron chi connectivity index (χ2n) is 7.29. The summed E-state index contributed by atoms with van der Waals surface area (Å²) in [5, 5.41) is 0.222. The summed E-state index contributed by atoms with van der Waals surface area (Å²) in [6.45, 7) is -0.175. The number of pyridine rings is 1. The lowest BCUT2D eigenvalue weighted by atomic mass is 10.2. The van der Waals surface area contributed by atoms with E-state index in [-0.39, 0.29) is 53.3 Å². The van der Waals surface area contributed by atoms with Crippen LogP contribution in [-0.4, -0.2) is 28.5 Å². The third-order valence-corrected chi connectivity index (χ3v) is 5.58. The molecule has 4 heterocycles. The Labute approximate surface area is 192 Å². The van der Waals surface area contributed by atoms with Gasteiger partial charge < -0.3 is 9.30 Å². The van der Waals surface area contributed by atoms with Gasteiger partial charge in [0.25, 0.3) is 0 Å². The van der Waals surface area contributed by atoms with Crippen LogP contribution in [0.5, 0.6) is 5.88 Å². The van der Waals surface area contributed by atoms with Gasteiger partial charge in [0.05, 0.1) is 5.39 Å². The maximum atomic E-state index is 14.9. The monoisotopic (exact) mass is 502 g/mol. The number of halogens is 6. The number of alkyl halides is 3. The first-order valence-corrected chi connectivity index (χ1v) is 10.6. The Kier molecular flexibility index (Phi) is 5.40. The van der Waals surface area contributed by atoms with Crippen molar-refractivity contribution in [1.29, 1.82) is 0 Å². The molecule has 4 aromatic rings. The number of rotatable bonds is 6. The summed E-state index contributed by atoms with van der Waals surface area (Å²) in [4.78, 5) is 15.5. The molecule has 0 bridgehead atoms. The molecular weight excluding hydrogens is 491 g/mol. The van der Waals surface area contributed by atoms with E-state index < -0.39 is 17.7 Å². The molecule has 0 amide bonds. The zero-order valence-corrected chi connectivity index (χ0v) is 17.9. The number of ether oxygens (including phenoxy) is 1. The van der Waals surface area contributed by atoms with Gasteiger partial charge in [-0.1, -0.05) is 0 Å². The lowest BCUT2D eigenvalue weighted by Crippen LogP contribution is -2.05. The topological polar surface area (TPSA) is 70.7 Å². The molecule has 4 aromatic heterocycles. The molecule has 1 aliphatic rings. The fraction of sp³-hybridized carbons (Fsp3) is 0.263. The van der Waals surface area contributed by atoms with Crippen LogP contribution >= 0.6 is 23.9 Å². The molecule has 1 aliphatic carbocycles. The summed E-state index contributed by atoms with van der Waals surface area (Å²) in [7, 11) is 0. The van der Waals surface area contributed by atoms with E-state index in [0.717, 1.165) is 16.2 Å². The Hall–Kier alpha value is -2.93. The summed E-state index contributed by atoms with van der Waals surface area (Å²) in [5.74, 6) is -0.964. The highest BCUT2D eigenvalue weighted by atomic mass is 35.5. The van der Waals surface area contributed by atoms with Gasteiger partial charge in [-0.15, -0.1) is 3.89 Å². The van der Waals surface area contributed by atoms with Gasteiger partial charge >= 0.3 is 6.18 Å². The van der Waals surface area contributed by atoms with Crippen LogP contribution < -0.4 is 4.74 Å². The minimum absolute atomic E-state index is 0.0568. The molecular formula is C19H12ClF5N6OS. The Balaban J connectivity index is 1.42. The number of aromatic nitrogens is 6. The Morgan fingerprint density at radius 3 is 2.67 bits per heavy atom. The first kappa shape index (κ1) is 21.9. The molecule has 1 fully saturated rings. The van der Waals surface area contributed by atoms with Gasteiger partial charge in [0.1, 0.15) is 12.3 Å². The molecule has 0 saturated heterocycles. The fourth-order valence-electron chi connectivity index (χ4n) is 3.31. The highest BCUT2D eigenvalue weighted by Crippen LogP contribution is 2.41. The second kappa shape index (κ2) is 8.13. The van der Waals surface area contributed by atoms with Crippen molar-refractivity contribution in [2.45, 2.75) is 31.7 Å². The molecule has 14 heteroatoms. The van der Waals surface area contributed by atoms with Crippen LogP contribution in [0, 0.1) is 5.82 Å². The Bertz CT molecular complexity index is 1350. The van der Waals surface area contributed by atoms with Crippen LogP contribution in [0.25, 0.3) is 22.6 Å². The third-order valence-electron chi connectivity index (χ3n) is 4.97. The van der Waals surface area contributed by atoms with Gasteiger partial charge in [0.2, 0.25) is 11.2 Å². The van der Waals surface area contributed by atoms with Crippen molar-refractivity contribution < 1.29 is 26.2 Å². The highest BCUT2D eigenvalue weighted by Gasteiger charge is 2.38. The van der Waals surface area contributed by atoms with E-state index in [1.165, 1.54) is 23.0 Å². The first-order valence-electron chi connectivity index (χ1n) is 9.52. The van der Waals surface area contributed by atoms with Crippen molar-refractivity contribution in [2.24, 2.45) is 0 Å². The van der Waals surface area contributed by atoms with Gasteiger partial charge in [-0.3, -0.25) is 0 Å². The van der Waals surface area contributed by atoms with Crippen LogP contribution in [0.1, 0.15) is 30.1 Å². The van der Waals surface area contributed by atoms with E-state index in [1.807, 2.05) is 0 Å². The predicted octanol–water partition coefficient (Wildman–Crippen LogP) is 5.80. The van der Waals surface area contributed by atoms with Crippen LogP contribution in [-0.2, 0) is 12.8 Å². The third kappa shape index (κ3) is 4.22. The van der Waals surface area contributed by atoms with Crippen molar-refractivity contribution in [1.82, 2.24) is 28.5 Å². The lowest BCUT2D eigenvalue weighted by molar-refractivity contribution is -0.140. The van der Waals surface area contributed by atoms with Crippen molar-refractivity contribution in [3.63, 3.8) is 0 Å². The van der Waals surface area contributed by atoms with Crippen molar-refractivity contribution >= 4 is 35.0 Å². The largest absolute Gasteiger partial charge is 0.472 e. The minimum atomic E-state index is -4.65. The summed E-state index contributed by atoms with van der Waals surface area (Å²) in [6, 6.07) is 2.47. The fourth-order valence-corrected chi connectivity index (χ4v) is 3.78. The van der Waals surface area contributed by atoms with E-state index in [1.54, 1.807) is 0 Å². The standard InChI is InChI=1S/C19H12ClF5N6OS/c20-18-28-15-11(3-4-31(15)33-25)17(29-18)32-8-9-5-12(21)14(26-6-9)16-27-13(19(22,23)24)7-30(16)10-1-2-10/h3-7,10H,1-2,8H2. The molecule has 0 aromatic carbocycles. The summed E-state index contributed by atoms with van der Waals surface area (Å²) in [6.07, 6.45) is 0.306. The average molecular weight is 503 g/mol. The predicted molar refractivity (Wildman–Crippen MR) is 110 cm³/mol. The van der Waals surface area contributed by atoms with Gasteiger partial charge in [0.15, 0.2) is 35.3 Å². The summed E-state index contributed by atoms with van der Waals surface area (Å²) < 4.78 is 75.3. The SMILES string of the molecule is FSn1ccc2c(OCc3cnc(-c4nc(C(F)(F)F)cn4C4CC4)c(F)c3)nc(Cl)nc21. The van der Waals surface area contributed by atoms with E-state index in [4.69, 9.17) is 16.3 Å². The van der Waals surface area contributed by atoms with Gasteiger partial charge in [-0.2, -0.15) is 23.1 Å². The lowest BCUT2D eigenvalue weighted by Gasteiger charge is -2.09. The smallest absolute Gasteiger partial charge is 0.434 e. The Morgan fingerprint density at radius 2 is 2.00 bits per heavy atom. The van der Waals surface area contributed by atoms with Crippen molar-refractivity contribution in [3.05, 3.63) is 53.1 Å². The molecule has 172 valence electrons. The molecule has 0 unspecified atom stereocenters. The van der Waals surface area contributed by atoms with Gasteiger partial charge in [0, 0.05) is 30.2 Å². The molecule has 1 saturated carbocycles. The number of imidazole rings is 1. The molecule has 33 heavy (non-hydrogen) atoms. The first-order chi connectivity index (χ1) is 15.7. The number of hydrogen-bond donors (Lipinski definition) is 0. The maximum Gasteiger partial charge on any atom is 0.434 e. The molecule has 5 rings (SSSR count). The second-order valence-corrected chi connectivity index (χ2v) is 8.16. The maximum absolute atomic E-state index is 14.9. The molecule has 0 atom stereocenters. The molecule has 0 aliphatic heterocycles. The van der Waals surface area contributed by atoms with Crippen LogP contribution in [0.15, 0.2) is 30.7 Å². The van der Waals surface area contributed by atoms with Crippen molar-refractivity contribution in [2.75, 3.05) is 0 Å². The van der Waals surface area contributed by atoms with E-state index in [2.05, 4.69) is 19.9 Å². The van der Waals surface area contributed by atoms with Crippen LogP contribution in [0.3, 0.4) is 0 Å². The van der Waals surface area contributed by atoms with E-state index in [0.29, 0.717) is 23.8 Å². The minimum Gasteiger partial charge on any atom is -0.472 e. The summed E-state index contributed by atoms with van der Waals surface area (Å²) in [5.41, 5.74) is -0.893. The molecule has 0 radical (unpaired) electrons. The number of fused-ring (bicyclic) bond motifs is 1. The van der Waals surface area contributed by atoms with E-state index in [9.17, 15) is 21.4 Å².